The Hall–Kier alpha value is -4.02. The zero-order chi connectivity index (χ0) is 26.7. The smallest absolute Gasteiger partial charge is 0.0881 e. The van der Waals surface area contributed by atoms with Gasteiger partial charge in [-0.15, -0.1) is 34.0 Å². The van der Waals surface area contributed by atoms with Crippen LogP contribution in [0.3, 0.4) is 0 Å². The lowest BCUT2D eigenvalue weighted by atomic mass is 9.96. The second-order valence-electron chi connectivity index (χ2n) is 11.2. The molecule has 41 heavy (non-hydrogen) atoms. The molecule has 10 rings (SSSR count). The fraction of sp³-hybridized carbons (Fsp3) is 0.0526. The molecule has 7 aromatic rings. The summed E-state index contributed by atoms with van der Waals surface area (Å²) in [5.41, 5.74) is 12.3. The quantitative estimate of drug-likeness (QED) is 0.197. The van der Waals surface area contributed by atoms with E-state index in [4.69, 9.17) is 0 Å². The molecule has 0 radical (unpaired) electrons. The molecule has 0 bridgehead atoms. The van der Waals surface area contributed by atoms with E-state index in [1.807, 2.05) is 34.0 Å². The Morgan fingerprint density at radius 3 is 2.12 bits per heavy atom. The topological polar surface area (TPSA) is 0 Å². The largest absolute Gasteiger partial charge is 0.135 e. The molecule has 3 aliphatic rings. The van der Waals surface area contributed by atoms with Gasteiger partial charge in [-0.2, -0.15) is 0 Å². The van der Waals surface area contributed by atoms with Gasteiger partial charge in [0.05, 0.1) is 4.01 Å². The fourth-order valence-corrected chi connectivity index (χ4v) is 11.0. The first kappa shape index (κ1) is 22.6. The average Bonchev–Trinajstić information content (AvgIpc) is 3.82. The Bertz CT molecular complexity index is 2240. The molecule has 192 valence electrons. The van der Waals surface area contributed by atoms with E-state index in [0.717, 1.165) is 6.42 Å². The Morgan fingerprint density at radius 2 is 1.29 bits per heavy atom. The molecular formula is C38H22S3. The van der Waals surface area contributed by atoms with E-state index in [1.54, 1.807) is 0 Å². The first-order valence-electron chi connectivity index (χ1n) is 14.1. The normalized spacial score (nSPS) is 15.8. The Morgan fingerprint density at radius 1 is 0.561 bits per heavy atom. The minimum absolute atomic E-state index is 0.514. The summed E-state index contributed by atoms with van der Waals surface area (Å²) in [4.78, 5) is 5.72. The number of thiophene rings is 3. The van der Waals surface area contributed by atoms with Crippen molar-refractivity contribution in [3.05, 3.63) is 120 Å². The van der Waals surface area contributed by atoms with Crippen molar-refractivity contribution < 1.29 is 0 Å². The molecule has 3 aliphatic carbocycles. The molecule has 0 N–H and O–H groups in total. The molecule has 0 saturated heterocycles. The van der Waals surface area contributed by atoms with Gasteiger partial charge in [0.25, 0.3) is 0 Å². The van der Waals surface area contributed by atoms with Crippen molar-refractivity contribution in [2.75, 3.05) is 0 Å². The third-order valence-electron chi connectivity index (χ3n) is 8.97. The minimum atomic E-state index is 0.514. The zero-order valence-electron chi connectivity index (χ0n) is 22.0. The van der Waals surface area contributed by atoms with Gasteiger partial charge in [-0.1, -0.05) is 103 Å². The van der Waals surface area contributed by atoms with Crippen LogP contribution >= 0.6 is 34.0 Å². The number of benzene rings is 4. The zero-order valence-corrected chi connectivity index (χ0v) is 24.4. The van der Waals surface area contributed by atoms with E-state index in [-0.39, 0.29) is 0 Å². The third-order valence-corrected chi connectivity index (χ3v) is 12.8. The predicted molar refractivity (Wildman–Crippen MR) is 180 cm³/mol. The van der Waals surface area contributed by atoms with Crippen molar-refractivity contribution in [3.8, 4) is 64.7 Å². The summed E-state index contributed by atoms with van der Waals surface area (Å²) >= 11 is 5.93. The SMILES string of the molecule is C1=CCC(c2cc3c4c(sc3s2)-c2ccc3c5c(ccc-4c25)-c2cc(-c4ccc(-c5ccccc5)cc4)sc2-3)C=C1. The van der Waals surface area contributed by atoms with Gasteiger partial charge in [0, 0.05) is 53.1 Å². The summed E-state index contributed by atoms with van der Waals surface area (Å²) in [6.45, 7) is 0. The molecule has 0 saturated carbocycles. The molecule has 0 amide bonds. The van der Waals surface area contributed by atoms with Crippen molar-refractivity contribution in [1.29, 1.82) is 0 Å². The monoisotopic (exact) mass is 574 g/mol. The van der Waals surface area contributed by atoms with Gasteiger partial charge in [-0.05, 0) is 57.1 Å². The maximum absolute atomic E-state index is 2.49. The molecule has 0 fully saturated rings. The molecule has 3 heterocycles. The molecule has 3 heteroatoms. The number of hydrogen-bond acceptors (Lipinski definition) is 3. The summed E-state index contributed by atoms with van der Waals surface area (Å²) in [5, 5.41) is 4.38. The molecule has 0 spiro atoms. The first-order chi connectivity index (χ1) is 20.3. The van der Waals surface area contributed by atoms with Crippen molar-refractivity contribution in [1.82, 2.24) is 0 Å². The highest BCUT2D eigenvalue weighted by molar-refractivity contribution is 7.40. The van der Waals surface area contributed by atoms with E-state index in [1.165, 1.54) is 89.8 Å². The molecule has 1 atom stereocenters. The lowest BCUT2D eigenvalue weighted by Gasteiger charge is -2.09. The van der Waals surface area contributed by atoms with E-state index in [2.05, 4.69) is 115 Å². The molecule has 3 aromatic heterocycles. The highest BCUT2D eigenvalue weighted by atomic mass is 32.2. The van der Waals surface area contributed by atoms with Crippen LogP contribution in [0.2, 0.25) is 0 Å². The first-order valence-corrected chi connectivity index (χ1v) is 16.6. The molecule has 0 nitrogen and oxygen atoms in total. The van der Waals surface area contributed by atoms with Gasteiger partial charge < -0.3 is 0 Å². The third kappa shape index (κ3) is 3.09. The van der Waals surface area contributed by atoms with Crippen LogP contribution in [0.15, 0.2) is 115 Å². The van der Waals surface area contributed by atoms with Gasteiger partial charge in [0.2, 0.25) is 0 Å². The van der Waals surface area contributed by atoms with Crippen LogP contribution in [0.5, 0.6) is 0 Å². The van der Waals surface area contributed by atoms with Crippen LogP contribution < -0.4 is 0 Å². The molecule has 1 unspecified atom stereocenters. The molecule has 4 aromatic carbocycles. The lowest BCUT2D eigenvalue weighted by molar-refractivity contribution is 0.874. The molecule has 0 aliphatic heterocycles. The Balaban J connectivity index is 1.07. The lowest BCUT2D eigenvalue weighted by Crippen LogP contribution is -1.92. The maximum atomic E-state index is 2.49. The van der Waals surface area contributed by atoms with Crippen LogP contribution in [-0.2, 0) is 0 Å². The van der Waals surface area contributed by atoms with Gasteiger partial charge in [0.15, 0.2) is 0 Å². The number of rotatable bonds is 3. The van der Waals surface area contributed by atoms with Crippen LogP contribution in [0.4, 0.5) is 0 Å². The van der Waals surface area contributed by atoms with Crippen LogP contribution in [0.25, 0.3) is 84.9 Å². The Kier molecular flexibility index (Phi) is 4.57. The fourth-order valence-electron chi connectivity index (χ4n) is 7.04. The van der Waals surface area contributed by atoms with Crippen molar-refractivity contribution in [2.45, 2.75) is 12.3 Å². The second kappa shape index (κ2) is 8.27. The number of fused-ring (bicyclic) bond motifs is 8. The molecular weight excluding hydrogens is 553 g/mol. The van der Waals surface area contributed by atoms with Gasteiger partial charge in [-0.3, -0.25) is 0 Å². The Labute approximate surface area is 250 Å². The van der Waals surface area contributed by atoms with E-state index < -0.39 is 0 Å². The van der Waals surface area contributed by atoms with Crippen LogP contribution in [-0.4, -0.2) is 0 Å². The predicted octanol–water partition coefficient (Wildman–Crippen LogP) is 12.4. The standard InChI is InChI=1S/C38H22S3/c1-3-7-21(8-4-1)22-11-13-24(14-12-22)31-19-29-25-15-16-26-34-28(18-17-27(33(25)34)36(29)39-31)37-35(26)30-20-32(40-38(30)41-37)23-9-5-2-6-10-23/h1-9,11-20,23H,10H2. The van der Waals surface area contributed by atoms with E-state index >= 15 is 0 Å². The number of hydrogen-bond donors (Lipinski definition) is 0. The van der Waals surface area contributed by atoms with E-state index in [0.29, 0.717) is 5.92 Å². The summed E-state index contributed by atoms with van der Waals surface area (Å²) in [6.07, 6.45) is 10.1. The highest BCUT2D eigenvalue weighted by Gasteiger charge is 2.33. The van der Waals surface area contributed by atoms with Crippen molar-refractivity contribution in [2.24, 2.45) is 0 Å². The van der Waals surface area contributed by atoms with Crippen LogP contribution in [0.1, 0.15) is 17.2 Å². The maximum Gasteiger partial charge on any atom is 0.0881 e. The minimum Gasteiger partial charge on any atom is -0.135 e. The van der Waals surface area contributed by atoms with Gasteiger partial charge in [-0.25, -0.2) is 0 Å². The van der Waals surface area contributed by atoms with Gasteiger partial charge >= 0.3 is 0 Å². The van der Waals surface area contributed by atoms with Crippen LogP contribution in [0, 0.1) is 0 Å². The summed E-state index contributed by atoms with van der Waals surface area (Å²) < 4.78 is 1.47. The van der Waals surface area contributed by atoms with Crippen molar-refractivity contribution >= 4 is 54.2 Å². The average molecular weight is 575 g/mol. The number of allylic oxidation sites excluding steroid dienone is 4. The highest BCUT2D eigenvalue weighted by Crippen LogP contribution is 2.62. The van der Waals surface area contributed by atoms with Gasteiger partial charge in [0.1, 0.15) is 0 Å². The summed E-state index contributed by atoms with van der Waals surface area (Å²) in [6, 6.07) is 34.2. The van der Waals surface area contributed by atoms with Crippen molar-refractivity contribution in [3.63, 3.8) is 0 Å². The van der Waals surface area contributed by atoms with E-state index in [9.17, 15) is 0 Å². The summed E-state index contributed by atoms with van der Waals surface area (Å²) in [7, 11) is 0. The second-order valence-corrected chi connectivity index (χ2v) is 14.6. The summed E-state index contributed by atoms with van der Waals surface area (Å²) in [5.74, 6) is 0.514.